The van der Waals surface area contributed by atoms with Crippen molar-refractivity contribution >= 4 is 23.8 Å². The van der Waals surface area contributed by atoms with E-state index in [9.17, 15) is 24.3 Å². The third kappa shape index (κ3) is 5.09. The Morgan fingerprint density at radius 2 is 2.06 bits per heavy atom. The summed E-state index contributed by atoms with van der Waals surface area (Å²) in [6.07, 6.45) is 1.76. The van der Waals surface area contributed by atoms with Gasteiger partial charge in [0.15, 0.2) is 5.54 Å². The van der Waals surface area contributed by atoms with E-state index in [0.29, 0.717) is 25.8 Å². The molecule has 34 heavy (non-hydrogen) atoms. The van der Waals surface area contributed by atoms with Gasteiger partial charge in [-0.15, -0.1) is 0 Å². The predicted molar refractivity (Wildman–Crippen MR) is 125 cm³/mol. The highest BCUT2D eigenvalue weighted by atomic mass is 16.5. The number of benzene rings is 1. The first kappa shape index (κ1) is 25.7. The van der Waals surface area contributed by atoms with Gasteiger partial charge in [-0.2, -0.15) is 0 Å². The van der Waals surface area contributed by atoms with Crippen molar-refractivity contribution in [3.63, 3.8) is 0 Å². The van der Waals surface area contributed by atoms with Crippen LogP contribution in [0.15, 0.2) is 24.3 Å². The van der Waals surface area contributed by atoms with Gasteiger partial charge >= 0.3 is 11.9 Å². The topological polar surface area (TPSA) is 125 Å². The quantitative estimate of drug-likeness (QED) is 0.489. The normalized spacial score (nSPS) is 24.8. The van der Waals surface area contributed by atoms with Crippen LogP contribution < -0.4 is 10.6 Å². The van der Waals surface area contributed by atoms with Gasteiger partial charge in [0, 0.05) is 19.9 Å². The van der Waals surface area contributed by atoms with Crippen molar-refractivity contribution in [2.75, 3.05) is 13.1 Å². The zero-order valence-corrected chi connectivity index (χ0v) is 20.3. The van der Waals surface area contributed by atoms with Gasteiger partial charge in [-0.3, -0.25) is 14.4 Å². The lowest BCUT2D eigenvalue weighted by molar-refractivity contribution is -0.163. The van der Waals surface area contributed by atoms with Gasteiger partial charge < -0.3 is 25.4 Å². The number of rotatable bonds is 8. The molecule has 1 aromatic carbocycles. The van der Waals surface area contributed by atoms with Crippen LogP contribution in [-0.4, -0.2) is 70.1 Å². The highest BCUT2D eigenvalue weighted by molar-refractivity contribution is 5.97. The van der Waals surface area contributed by atoms with Gasteiger partial charge in [-0.1, -0.05) is 29.8 Å². The van der Waals surface area contributed by atoms with Crippen molar-refractivity contribution in [1.29, 1.82) is 0 Å². The first-order valence-corrected chi connectivity index (χ1v) is 11.8. The van der Waals surface area contributed by atoms with E-state index in [1.807, 2.05) is 31.2 Å². The molecule has 0 aliphatic carbocycles. The summed E-state index contributed by atoms with van der Waals surface area (Å²) in [4.78, 5) is 52.8. The van der Waals surface area contributed by atoms with Crippen molar-refractivity contribution in [1.82, 2.24) is 15.5 Å². The molecule has 0 radical (unpaired) electrons. The molecular weight excluding hydrogens is 438 g/mol. The van der Waals surface area contributed by atoms with Gasteiger partial charge in [0.2, 0.25) is 11.8 Å². The van der Waals surface area contributed by atoms with E-state index in [2.05, 4.69) is 10.6 Å². The Bertz CT molecular complexity index is 960. The number of nitrogens with zero attached hydrogens (tertiary/aromatic N) is 1. The summed E-state index contributed by atoms with van der Waals surface area (Å²) >= 11 is 0. The fraction of sp³-hybridized carbons (Fsp3) is 0.600. The molecule has 2 amide bonds. The lowest BCUT2D eigenvalue weighted by Crippen LogP contribution is -2.68. The number of carbonyl (C=O) groups excluding carboxylic acids is 3. The van der Waals surface area contributed by atoms with Crippen LogP contribution in [-0.2, 0) is 30.3 Å². The van der Waals surface area contributed by atoms with Crippen molar-refractivity contribution < 1.29 is 29.0 Å². The third-order valence-electron chi connectivity index (χ3n) is 7.09. The molecule has 9 nitrogen and oxygen atoms in total. The SMILES string of the molecule is CC(=O)O[C@H](C)[C@](C)(NC(=O)C1(Cc2cccc(C)c2)CCCN1C(=O)[C@@H]1CCCN1)C(=O)O. The zero-order valence-electron chi connectivity index (χ0n) is 20.3. The van der Waals surface area contributed by atoms with Gasteiger partial charge in [0.05, 0.1) is 6.04 Å². The summed E-state index contributed by atoms with van der Waals surface area (Å²) in [5, 5.41) is 15.8. The van der Waals surface area contributed by atoms with E-state index in [0.717, 1.165) is 24.1 Å². The third-order valence-corrected chi connectivity index (χ3v) is 7.09. The van der Waals surface area contributed by atoms with Crippen LogP contribution in [0.2, 0.25) is 0 Å². The molecule has 0 spiro atoms. The molecule has 0 aromatic heterocycles. The van der Waals surface area contributed by atoms with Crippen LogP contribution in [0.4, 0.5) is 0 Å². The minimum absolute atomic E-state index is 0.136. The fourth-order valence-corrected chi connectivity index (χ4v) is 4.99. The molecule has 2 heterocycles. The van der Waals surface area contributed by atoms with Crippen LogP contribution in [0, 0.1) is 6.92 Å². The Labute approximate surface area is 200 Å². The molecule has 0 bridgehead atoms. The van der Waals surface area contributed by atoms with Crippen molar-refractivity contribution in [3.8, 4) is 0 Å². The highest BCUT2D eigenvalue weighted by Gasteiger charge is 2.54. The van der Waals surface area contributed by atoms with E-state index in [-0.39, 0.29) is 18.4 Å². The molecule has 2 saturated heterocycles. The second-order valence-electron chi connectivity index (χ2n) is 9.65. The first-order chi connectivity index (χ1) is 16.0. The van der Waals surface area contributed by atoms with Crippen molar-refractivity contribution in [2.24, 2.45) is 0 Å². The molecular formula is C25H35N3O6. The molecule has 2 aliphatic rings. The minimum Gasteiger partial charge on any atom is -0.479 e. The summed E-state index contributed by atoms with van der Waals surface area (Å²) in [7, 11) is 0. The van der Waals surface area contributed by atoms with Gasteiger partial charge in [-0.05, 0) is 58.6 Å². The minimum atomic E-state index is -1.87. The number of hydrogen-bond acceptors (Lipinski definition) is 6. The maximum absolute atomic E-state index is 14.0. The number of likely N-dealkylation sites (tertiary alicyclic amines) is 1. The summed E-state index contributed by atoms with van der Waals surface area (Å²) in [5.41, 5.74) is -1.20. The maximum atomic E-state index is 14.0. The number of carbonyl (C=O) groups is 4. The summed E-state index contributed by atoms with van der Waals surface area (Å²) in [6.45, 7) is 7.06. The molecule has 9 heteroatoms. The van der Waals surface area contributed by atoms with E-state index in [4.69, 9.17) is 4.74 Å². The lowest BCUT2D eigenvalue weighted by Gasteiger charge is -2.41. The second kappa shape index (κ2) is 10.1. The molecule has 1 aromatic rings. The average Bonchev–Trinajstić information content (AvgIpc) is 3.43. The molecule has 1 unspecified atom stereocenters. The number of aryl methyl sites for hydroxylation is 1. The number of hydrogen-bond donors (Lipinski definition) is 3. The largest absolute Gasteiger partial charge is 0.479 e. The van der Waals surface area contributed by atoms with Crippen LogP contribution in [0.1, 0.15) is 57.6 Å². The average molecular weight is 474 g/mol. The van der Waals surface area contributed by atoms with Gasteiger partial charge in [0.1, 0.15) is 11.6 Å². The number of amides is 2. The van der Waals surface area contributed by atoms with Crippen molar-refractivity contribution in [3.05, 3.63) is 35.4 Å². The number of esters is 1. The predicted octanol–water partition coefficient (Wildman–Crippen LogP) is 1.56. The Balaban J connectivity index is 2.00. The molecule has 3 rings (SSSR count). The fourth-order valence-electron chi connectivity index (χ4n) is 4.99. The Kier molecular flexibility index (Phi) is 7.65. The van der Waals surface area contributed by atoms with E-state index in [1.165, 1.54) is 20.8 Å². The molecule has 4 atom stereocenters. The van der Waals surface area contributed by atoms with Crippen LogP contribution in [0.3, 0.4) is 0 Å². The Hall–Kier alpha value is -2.94. The van der Waals surface area contributed by atoms with Gasteiger partial charge in [0.25, 0.3) is 0 Å². The number of carboxylic acids is 1. The molecule has 2 fully saturated rings. The van der Waals surface area contributed by atoms with Gasteiger partial charge in [-0.25, -0.2) is 4.79 Å². The second-order valence-corrected chi connectivity index (χ2v) is 9.65. The zero-order chi connectivity index (χ0) is 25.1. The molecule has 186 valence electrons. The van der Waals surface area contributed by atoms with E-state index in [1.54, 1.807) is 4.90 Å². The summed E-state index contributed by atoms with van der Waals surface area (Å²) in [6, 6.07) is 7.39. The summed E-state index contributed by atoms with van der Waals surface area (Å²) in [5.74, 6) is -2.66. The molecule has 0 saturated carbocycles. The molecule has 3 N–H and O–H groups in total. The molecule has 2 aliphatic heterocycles. The first-order valence-electron chi connectivity index (χ1n) is 11.8. The Morgan fingerprint density at radius 1 is 1.32 bits per heavy atom. The lowest BCUT2D eigenvalue weighted by atomic mass is 9.84. The van der Waals surface area contributed by atoms with Crippen LogP contribution >= 0.6 is 0 Å². The summed E-state index contributed by atoms with van der Waals surface area (Å²) < 4.78 is 5.14. The van der Waals surface area contributed by atoms with E-state index >= 15 is 0 Å². The van der Waals surface area contributed by atoms with Crippen molar-refractivity contribution in [2.45, 2.75) is 83.0 Å². The number of ether oxygens (including phenoxy) is 1. The standard InChI is InChI=1S/C25H35N3O6/c1-16-8-5-9-19(14-16)15-25(11-7-13-28(25)21(30)20-10-6-12-26-20)22(31)27-24(4,23(32)33)17(2)34-18(3)29/h5,8-9,14,17,20,26H,6-7,10-13,15H2,1-4H3,(H,27,31)(H,32,33)/t17-,20+,24+,25?/m1/s1. The smallest absolute Gasteiger partial charge is 0.333 e. The highest BCUT2D eigenvalue weighted by Crippen LogP contribution is 2.35. The Morgan fingerprint density at radius 3 is 2.65 bits per heavy atom. The van der Waals surface area contributed by atoms with Crippen LogP contribution in [0.25, 0.3) is 0 Å². The number of nitrogens with one attached hydrogen (secondary N) is 2. The van der Waals surface area contributed by atoms with Crippen LogP contribution in [0.5, 0.6) is 0 Å². The maximum Gasteiger partial charge on any atom is 0.333 e. The monoisotopic (exact) mass is 473 g/mol. The number of aliphatic carboxylic acids is 1. The van der Waals surface area contributed by atoms with E-state index < -0.39 is 35.0 Å². The number of carboxylic acid groups (broad SMARTS) is 1.